The summed E-state index contributed by atoms with van der Waals surface area (Å²) in [6, 6.07) is 8.44. The molecule has 3 aromatic rings. The lowest BCUT2D eigenvalue weighted by Gasteiger charge is -2.07. The standard InChI is InChI=1S/C14H10ClFN2O3S2/c1-8-6-12(21-17-8)13-4-5-14(22-13)23(19,20)18-11-3-2-9(15)7-10(11)16/h2-7,18H,1H3. The predicted molar refractivity (Wildman–Crippen MR) is 86.8 cm³/mol. The minimum Gasteiger partial charge on any atom is -0.355 e. The van der Waals surface area contributed by atoms with Crippen molar-refractivity contribution in [3.8, 4) is 10.6 Å². The van der Waals surface area contributed by atoms with E-state index < -0.39 is 15.8 Å². The highest BCUT2D eigenvalue weighted by Crippen LogP contribution is 2.32. The van der Waals surface area contributed by atoms with Crippen molar-refractivity contribution < 1.29 is 17.3 Å². The Morgan fingerprint density at radius 1 is 1.26 bits per heavy atom. The maximum absolute atomic E-state index is 13.7. The van der Waals surface area contributed by atoms with Crippen molar-refractivity contribution in [1.29, 1.82) is 0 Å². The van der Waals surface area contributed by atoms with Crippen LogP contribution in [-0.2, 0) is 10.0 Å². The van der Waals surface area contributed by atoms with Gasteiger partial charge in [0, 0.05) is 11.1 Å². The first kappa shape index (κ1) is 16.0. The Kier molecular flexibility index (Phi) is 4.13. The molecule has 2 aromatic heterocycles. The van der Waals surface area contributed by atoms with Gasteiger partial charge < -0.3 is 4.52 Å². The number of thiophene rings is 1. The second kappa shape index (κ2) is 5.95. The van der Waals surface area contributed by atoms with Gasteiger partial charge in [0.25, 0.3) is 10.0 Å². The summed E-state index contributed by atoms with van der Waals surface area (Å²) >= 11 is 6.65. The average molecular weight is 373 g/mol. The van der Waals surface area contributed by atoms with Gasteiger partial charge in [-0.1, -0.05) is 16.8 Å². The maximum atomic E-state index is 13.7. The smallest absolute Gasteiger partial charge is 0.271 e. The molecule has 3 rings (SSSR count). The quantitative estimate of drug-likeness (QED) is 0.740. The van der Waals surface area contributed by atoms with Gasteiger partial charge in [0.05, 0.1) is 16.3 Å². The third-order valence-electron chi connectivity index (χ3n) is 2.89. The summed E-state index contributed by atoms with van der Waals surface area (Å²) in [6.45, 7) is 1.77. The Morgan fingerprint density at radius 2 is 2.04 bits per heavy atom. The van der Waals surface area contributed by atoms with E-state index in [0.717, 1.165) is 17.4 Å². The van der Waals surface area contributed by atoms with Crippen LogP contribution in [0, 0.1) is 12.7 Å². The predicted octanol–water partition coefficient (Wildman–Crippen LogP) is 4.30. The topological polar surface area (TPSA) is 72.2 Å². The molecule has 5 nitrogen and oxygen atoms in total. The van der Waals surface area contributed by atoms with Crippen LogP contribution in [0.3, 0.4) is 0 Å². The number of nitrogens with zero attached hydrogens (tertiary/aromatic N) is 1. The Labute approximate surface area is 140 Å². The molecule has 0 atom stereocenters. The number of halogens is 2. The number of hydrogen-bond donors (Lipinski definition) is 1. The van der Waals surface area contributed by atoms with Gasteiger partial charge in [-0.15, -0.1) is 11.3 Å². The normalized spacial score (nSPS) is 11.6. The minimum atomic E-state index is -3.91. The first-order valence-corrected chi connectivity index (χ1v) is 9.04. The molecule has 0 radical (unpaired) electrons. The highest BCUT2D eigenvalue weighted by molar-refractivity contribution is 7.94. The van der Waals surface area contributed by atoms with Crippen molar-refractivity contribution >= 4 is 38.6 Å². The van der Waals surface area contributed by atoms with Crippen molar-refractivity contribution in [2.45, 2.75) is 11.1 Å². The number of aryl methyl sites for hydroxylation is 1. The Morgan fingerprint density at radius 3 is 2.70 bits per heavy atom. The largest absolute Gasteiger partial charge is 0.355 e. The third kappa shape index (κ3) is 3.39. The number of rotatable bonds is 4. The van der Waals surface area contributed by atoms with E-state index in [0.29, 0.717) is 16.3 Å². The summed E-state index contributed by atoms with van der Waals surface area (Å²) in [4.78, 5) is 0.613. The zero-order valence-electron chi connectivity index (χ0n) is 11.7. The summed E-state index contributed by atoms with van der Waals surface area (Å²) in [5, 5.41) is 3.94. The van der Waals surface area contributed by atoms with E-state index >= 15 is 0 Å². The maximum Gasteiger partial charge on any atom is 0.271 e. The van der Waals surface area contributed by atoms with Crippen LogP contribution < -0.4 is 4.72 Å². The lowest BCUT2D eigenvalue weighted by atomic mass is 10.3. The van der Waals surface area contributed by atoms with Crippen LogP contribution in [0.15, 0.2) is 45.1 Å². The van der Waals surface area contributed by atoms with Gasteiger partial charge in [-0.05, 0) is 37.3 Å². The van der Waals surface area contributed by atoms with Gasteiger partial charge in [-0.25, -0.2) is 12.8 Å². The fourth-order valence-corrected chi connectivity index (χ4v) is 4.32. The Balaban J connectivity index is 1.89. The summed E-state index contributed by atoms with van der Waals surface area (Å²) < 4.78 is 45.8. The SMILES string of the molecule is Cc1cc(-c2ccc(S(=O)(=O)Nc3ccc(Cl)cc3F)s2)on1. The zero-order valence-corrected chi connectivity index (χ0v) is 14.1. The molecule has 2 heterocycles. The Hall–Kier alpha value is -1.90. The van der Waals surface area contributed by atoms with Crippen molar-refractivity contribution in [3.63, 3.8) is 0 Å². The zero-order chi connectivity index (χ0) is 16.6. The highest BCUT2D eigenvalue weighted by atomic mass is 35.5. The van der Waals surface area contributed by atoms with E-state index in [4.69, 9.17) is 16.1 Å². The summed E-state index contributed by atoms with van der Waals surface area (Å²) in [6.07, 6.45) is 0. The van der Waals surface area contributed by atoms with Gasteiger partial charge >= 0.3 is 0 Å². The molecule has 0 aliphatic carbocycles. The van der Waals surface area contributed by atoms with Crippen LogP contribution in [0.4, 0.5) is 10.1 Å². The van der Waals surface area contributed by atoms with Crippen LogP contribution in [0.5, 0.6) is 0 Å². The molecule has 0 saturated heterocycles. The third-order valence-corrected chi connectivity index (χ3v) is 6.08. The lowest BCUT2D eigenvalue weighted by molar-refractivity contribution is 0.428. The minimum absolute atomic E-state index is 0.0379. The van der Waals surface area contributed by atoms with Crippen molar-refractivity contribution in [2.75, 3.05) is 4.72 Å². The molecule has 1 N–H and O–H groups in total. The molecule has 0 spiro atoms. The Bertz CT molecular complexity index is 966. The summed E-state index contributed by atoms with van der Waals surface area (Å²) in [7, 11) is -3.91. The molecular formula is C14H10ClFN2O3S2. The molecule has 120 valence electrons. The number of sulfonamides is 1. The molecule has 1 aromatic carbocycles. The monoisotopic (exact) mass is 372 g/mol. The van der Waals surface area contributed by atoms with E-state index in [1.54, 1.807) is 19.1 Å². The lowest BCUT2D eigenvalue weighted by Crippen LogP contribution is -2.12. The molecule has 0 bridgehead atoms. The van der Waals surface area contributed by atoms with E-state index in [1.807, 2.05) is 0 Å². The molecular weight excluding hydrogens is 363 g/mol. The second-order valence-corrected chi connectivity index (χ2v) is 8.11. The fourth-order valence-electron chi connectivity index (χ4n) is 1.84. The average Bonchev–Trinajstić information content (AvgIpc) is 3.10. The first-order chi connectivity index (χ1) is 10.8. The number of anilines is 1. The van der Waals surface area contributed by atoms with E-state index in [2.05, 4.69) is 9.88 Å². The van der Waals surface area contributed by atoms with Crippen molar-refractivity contribution in [2.24, 2.45) is 0 Å². The van der Waals surface area contributed by atoms with Crippen LogP contribution in [0.1, 0.15) is 5.69 Å². The van der Waals surface area contributed by atoms with Crippen LogP contribution >= 0.6 is 22.9 Å². The molecule has 0 fully saturated rings. The van der Waals surface area contributed by atoms with Gasteiger partial charge in [0.15, 0.2) is 5.76 Å². The highest BCUT2D eigenvalue weighted by Gasteiger charge is 2.20. The second-order valence-electron chi connectivity index (χ2n) is 4.68. The molecule has 0 saturated carbocycles. The fraction of sp³-hybridized carbons (Fsp3) is 0.0714. The molecule has 0 unspecified atom stereocenters. The van der Waals surface area contributed by atoms with E-state index in [9.17, 15) is 12.8 Å². The number of benzene rings is 1. The molecule has 0 amide bonds. The van der Waals surface area contributed by atoms with Gasteiger partial charge in [0.2, 0.25) is 0 Å². The summed E-state index contributed by atoms with van der Waals surface area (Å²) in [5.41, 5.74) is 0.527. The van der Waals surface area contributed by atoms with Crippen molar-refractivity contribution in [3.05, 3.63) is 52.9 Å². The molecule has 9 heteroatoms. The van der Waals surface area contributed by atoms with Crippen LogP contribution in [0.25, 0.3) is 10.6 Å². The number of nitrogens with one attached hydrogen (secondary N) is 1. The van der Waals surface area contributed by atoms with Gasteiger partial charge in [-0.2, -0.15) is 0 Å². The van der Waals surface area contributed by atoms with E-state index in [-0.39, 0.29) is 14.9 Å². The molecule has 0 aliphatic heterocycles. The van der Waals surface area contributed by atoms with Crippen LogP contribution in [-0.4, -0.2) is 13.6 Å². The number of aromatic nitrogens is 1. The first-order valence-electron chi connectivity index (χ1n) is 6.36. The van der Waals surface area contributed by atoms with Gasteiger partial charge in [-0.3, -0.25) is 4.72 Å². The molecule has 23 heavy (non-hydrogen) atoms. The molecule has 0 aliphatic rings. The van der Waals surface area contributed by atoms with Crippen LogP contribution in [0.2, 0.25) is 5.02 Å². The number of hydrogen-bond acceptors (Lipinski definition) is 5. The van der Waals surface area contributed by atoms with E-state index in [1.165, 1.54) is 18.2 Å². The van der Waals surface area contributed by atoms with Crippen molar-refractivity contribution in [1.82, 2.24) is 5.16 Å². The summed E-state index contributed by atoms with van der Waals surface area (Å²) in [5.74, 6) is -0.268. The van der Waals surface area contributed by atoms with Gasteiger partial charge in [0.1, 0.15) is 10.0 Å².